The van der Waals surface area contributed by atoms with Crippen LogP contribution in [0.2, 0.25) is 0 Å². The molecule has 6 heteroatoms. The van der Waals surface area contributed by atoms with E-state index in [0.717, 1.165) is 28.1 Å². The number of rotatable bonds is 6. The smallest absolute Gasteiger partial charge is 0.352 e. The molecule has 1 fully saturated rings. The Morgan fingerprint density at radius 1 is 1.32 bits per heavy atom. The van der Waals surface area contributed by atoms with Crippen molar-refractivity contribution in [3.05, 3.63) is 59.2 Å². The van der Waals surface area contributed by atoms with E-state index in [-0.39, 0.29) is 18.2 Å². The quantitative estimate of drug-likeness (QED) is 0.616. The first-order valence-electron chi connectivity index (χ1n) is 9.08. The number of hydrogen-bond acceptors (Lipinski definition) is 6. The molecule has 3 rings (SSSR count). The SMILES string of the molecule is Cc1ccc(N=Cc2ccc(N(C)CCC#N)cc2)c(C2COC(=O)C2=N)c1. The Kier molecular flexibility index (Phi) is 5.85. The standard InChI is InChI=1S/C22H22N4O2/c1-15-4-9-20(18(12-15)19-14-28-22(27)21(19)24)25-13-16-5-7-17(8-6-16)26(2)11-3-10-23/h4-9,12-13,19,24H,3,11,14H2,1-2H3. The summed E-state index contributed by atoms with van der Waals surface area (Å²) >= 11 is 0. The van der Waals surface area contributed by atoms with Crippen LogP contribution in [-0.2, 0) is 9.53 Å². The Morgan fingerprint density at radius 3 is 2.71 bits per heavy atom. The van der Waals surface area contributed by atoms with E-state index in [2.05, 4.69) is 11.1 Å². The van der Waals surface area contributed by atoms with Gasteiger partial charge in [-0.05, 0) is 36.2 Å². The molecule has 0 aliphatic carbocycles. The van der Waals surface area contributed by atoms with Gasteiger partial charge in [-0.25, -0.2) is 4.79 Å². The number of carbonyl (C=O) groups is 1. The first-order valence-corrected chi connectivity index (χ1v) is 9.08. The van der Waals surface area contributed by atoms with Crippen molar-refractivity contribution in [2.45, 2.75) is 19.3 Å². The molecule has 1 unspecified atom stereocenters. The maximum absolute atomic E-state index is 11.6. The zero-order chi connectivity index (χ0) is 20.1. The molecule has 142 valence electrons. The number of carbonyl (C=O) groups excluding carboxylic acids is 1. The molecule has 1 N–H and O–H groups in total. The van der Waals surface area contributed by atoms with Gasteiger partial charge in [0, 0.05) is 25.5 Å². The van der Waals surface area contributed by atoms with Crippen molar-refractivity contribution in [2.75, 3.05) is 25.1 Å². The van der Waals surface area contributed by atoms with E-state index in [0.29, 0.717) is 13.0 Å². The third kappa shape index (κ3) is 4.26. The summed E-state index contributed by atoms with van der Waals surface area (Å²) in [5, 5.41) is 16.7. The number of aryl methyl sites for hydroxylation is 1. The number of cyclic esters (lactones) is 1. The van der Waals surface area contributed by atoms with Gasteiger partial charge in [0.25, 0.3) is 0 Å². The fourth-order valence-corrected chi connectivity index (χ4v) is 3.08. The molecule has 1 saturated heterocycles. The number of ether oxygens (including phenoxy) is 1. The number of esters is 1. The van der Waals surface area contributed by atoms with Crippen molar-refractivity contribution in [2.24, 2.45) is 4.99 Å². The molecule has 0 amide bonds. The third-order valence-electron chi connectivity index (χ3n) is 4.75. The first kappa shape index (κ1) is 19.3. The minimum absolute atomic E-state index is 0.0215. The Hall–Kier alpha value is -3.46. The normalized spacial score (nSPS) is 16.2. The van der Waals surface area contributed by atoms with Crippen LogP contribution in [0.5, 0.6) is 0 Å². The van der Waals surface area contributed by atoms with Gasteiger partial charge in [0.05, 0.1) is 24.1 Å². The summed E-state index contributed by atoms with van der Waals surface area (Å²) in [4.78, 5) is 18.2. The summed E-state index contributed by atoms with van der Waals surface area (Å²) in [5.74, 6) is -0.937. The second kappa shape index (κ2) is 8.49. The highest BCUT2D eigenvalue weighted by Crippen LogP contribution is 2.32. The molecule has 28 heavy (non-hydrogen) atoms. The minimum atomic E-state index is -0.558. The van der Waals surface area contributed by atoms with Crippen LogP contribution in [0, 0.1) is 23.7 Å². The molecule has 1 heterocycles. The van der Waals surface area contributed by atoms with Gasteiger partial charge < -0.3 is 9.64 Å². The van der Waals surface area contributed by atoms with Crippen molar-refractivity contribution in [1.29, 1.82) is 10.7 Å². The Balaban J connectivity index is 1.80. The second-order valence-corrected chi connectivity index (χ2v) is 6.81. The number of benzene rings is 2. The zero-order valence-electron chi connectivity index (χ0n) is 16.0. The van der Waals surface area contributed by atoms with Crippen LogP contribution >= 0.6 is 0 Å². The summed E-state index contributed by atoms with van der Waals surface area (Å²) in [5.41, 5.74) is 4.57. The summed E-state index contributed by atoms with van der Waals surface area (Å²) in [6, 6.07) is 15.9. The number of aliphatic imine (C=N–C) groups is 1. The molecule has 0 bridgehead atoms. The fraction of sp³-hybridized carbons (Fsp3) is 0.273. The van der Waals surface area contributed by atoms with Gasteiger partial charge in [0.1, 0.15) is 12.3 Å². The van der Waals surface area contributed by atoms with Crippen molar-refractivity contribution < 1.29 is 9.53 Å². The lowest BCUT2D eigenvalue weighted by atomic mass is 9.93. The Labute approximate surface area is 164 Å². The van der Waals surface area contributed by atoms with Crippen LogP contribution in [0.4, 0.5) is 11.4 Å². The number of nitrogens with zero attached hydrogens (tertiary/aromatic N) is 3. The predicted octanol–water partition coefficient (Wildman–Crippen LogP) is 3.76. The number of nitrogens with one attached hydrogen (secondary N) is 1. The molecular formula is C22H22N4O2. The molecule has 6 nitrogen and oxygen atoms in total. The maximum Gasteiger partial charge on any atom is 0.352 e. The summed E-state index contributed by atoms with van der Waals surface area (Å²) < 4.78 is 5.01. The van der Waals surface area contributed by atoms with E-state index in [9.17, 15) is 4.79 Å². The largest absolute Gasteiger partial charge is 0.460 e. The predicted molar refractivity (Wildman–Crippen MR) is 110 cm³/mol. The fourth-order valence-electron chi connectivity index (χ4n) is 3.08. The monoisotopic (exact) mass is 374 g/mol. The Morgan fingerprint density at radius 2 is 2.07 bits per heavy atom. The van der Waals surface area contributed by atoms with Crippen LogP contribution in [0.3, 0.4) is 0 Å². The van der Waals surface area contributed by atoms with Crippen LogP contribution in [0.25, 0.3) is 0 Å². The van der Waals surface area contributed by atoms with E-state index in [1.807, 2.05) is 61.3 Å². The highest BCUT2D eigenvalue weighted by molar-refractivity contribution is 6.39. The van der Waals surface area contributed by atoms with Crippen molar-refractivity contribution in [3.8, 4) is 6.07 Å². The summed E-state index contributed by atoms with van der Waals surface area (Å²) in [6.07, 6.45) is 2.26. The molecular weight excluding hydrogens is 352 g/mol. The van der Waals surface area contributed by atoms with E-state index in [4.69, 9.17) is 15.4 Å². The lowest BCUT2D eigenvalue weighted by molar-refractivity contribution is -0.132. The van der Waals surface area contributed by atoms with E-state index in [1.54, 1.807) is 6.21 Å². The number of anilines is 1. The van der Waals surface area contributed by atoms with Gasteiger partial charge in [-0.15, -0.1) is 0 Å². The molecule has 0 aromatic heterocycles. The lowest BCUT2D eigenvalue weighted by Crippen LogP contribution is -2.17. The summed E-state index contributed by atoms with van der Waals surface area (Å²) in [6.45, 7) is 2.85. The molecule has 0 spiro atoms. The minimum Gasteiger partial charge on any atom is -0.460 e. The van der Waals surface area contributed by atoms with E-state index >= 15 is 0 Å². The lowest BCUT2D eigenvalue weighted by Gasteiger charge is -2.17. The van der Waals surface area contributed by atoms with Crippen LogP contribution < -0.4 is 4.90 Å². The highest BCUT2D eigenvalue weighted by atomic mass is 16.5. The van der Waals surface area contributed by atoms with Gasteiger partial charge in [-0.2, -0.15) is 5.26 Å². The number of nitriles is 1. The summed E-state index contributed by atoms with van der Waals surface area (Å²) in [7, 11) is 1.96. The third-order valence-corrected chi connectivity index (χ3v) is 4.75. The second-order valence-electron chi connectivity index (χ2n) is 6.81. The van der Waals surface area contributed by atoms with Gasteiger partial charge in [0.2, 0.25) is 0 Å². The molecule has 1 aliphatic heterocycles. The van der Waals surface area contributed by atoms with Crippen LogP contribution in [0.15, 0.2) is 47.5 Å². The van der Waals surface area contributed by atoms with Crippen molar-refractivity contribution in [1.82, 2.24) is 0 Å². The average molecular weight is 374 g/mol. The topological polar surface area (TPSA) is 89.5 Å². The van der Waals surface area contributed by atoms with Crippen molar-refractivity contribution in [3.63, 3.8) is 0 Å². The molecule has 2 aromatic carbocycles. The molecule has 2 aromatic rings. The van der Waals surface area contributed by atoms with Crippen LogP contribution in [0.1, 0.15) is 29.0 Å². The molecule has 0 radical (unpaired) electrons. The van der Waals surface area contributed by atoms with Gasteiger partial charge in [0.15, 0.2) is 0 Å². The molecule has 0 saturated carbocycles. The van der Waals surface area contributed by atoms with Gasteiger partial charge in [-0.1, -0.05) is 29.8 Å². The molecule has 1 atom stereocenters. The van der Waals surface area contributed by atoms with E-state index < -0.39 is 5.97 Å². The zero-order valence-corrected chi connectivity index (χ0v) is 16.0. The van der Waals surface area contributed by atoms with Gasteiger partial charge >= 0.3 is 5.97 Å². The maximum atomic E-state index is 11.6. The van der Waals surface area contributed by atoms with E-state index in [1.165, 1.54) is 0 Å². The highest BCUT2D eigenvalue weighted by Gasteiger charge is 2.33. The van der Waals surface area contributed by atoms with Gasteiger partial charge in [-0.3, -0.25) is 10.4 Å². The Bertz CT molecular complexity index is 957. The molecule has 1 aliphatic rings. The van der Waals surface area contributed by atoms with Crippen LogP contribution in [-0.4, -0.2) is 38.1 Å². The average Bonchev–Trinajstić information content (AvgIpc) is 3.04. The number of hydrogen-bond donors (Lipinski definition) is 1. The van der Waals surface area contributed by atoms with Crippen molar-refractivity contribution >= 4 is 29.3 Å². The first-order chi connectivity index (χ1) is 13.5.